The van der Waals surface area contributed by atoms with E-state index in [9.17, 15) is 4.79 Å². The number of nitrogens with zero attached hydrogens (tertiary/aromatic N) is 1. The average molecular weight is 329 g/mol. The summed E-state index contributed by atoms with van der Waals surface area (Å²) in [6, 6.07) is 5.67. The van der Waals surface area contributed by atoms with E-state index in [1.807, 2.05) is 29.2 Å². The second-order valence-electron chi connectivity index (χ2n) is 6.83. The number of hydrogen-bond acceptors (Lipinski definition) is 3. The molecule has 1 saturated heterocycles. The van der Waals surface area contributed by atoms with Gasteiger partial charge in [-0.25, -0.2) is 0 Å². The number of carbonyl (C=O) groups is 1. The minimum Gasteiger partial charge on any atom is -0.493 e. The Kier molecular flexibility index (Phi) is 5.44. The molecule has 2 fully saturated rings. The highest BCUT2D eigenvalue weighted by atomic mass is 16.5. The summed E-state index contributed by atoms with van der Waals surface area (Å²) in [6.45, 7) is 1.83. The third-order valence-electron chi connectivity index (χ3n) is 5.43. The van der Waals surface area contributed by atoms with E-state index in [2.05, 4.69) is 0 Å². The molecule has 130 valence electrons. The van der Waals surface area contributed by atoms with Crippen molar-refractivity contribution >= 4 is 12.0 Å². The zero-order valence-electron chi connectivity index (χ0n) is 14.7. The van der Waals surface area contributed by atoms with Crippen LogP contribution in [0.1, 0.15) is 37.7 Å². The van der Waals surface area contributed by atoms with Crippen LogP contribution in [-0.4, -0.2) is 38.1 Å². The van der Waals surface area contributed by atoms with Crippen LogP contribution in [0.4, 0.5) is 0 Å². The lowest BCUT2D eigenvalue weighted by atomic mass is 9.75. The smallest absolute Gasteiger partial charge is 0.246 e. The van der Waals surface area contributed by atoms with Gasteiger partial charge in [0.15, 0.2) is 11.5 Å². The normalized spacial score (nSPS) is 23.8. The van der Waals surface area contributed by atoms with Gasteiger partial charge >= 0.3 is 0 Å². The highest BCUT2D eigenvalue weighted by molar-refractivity contribution is 5.92. The number of carbonyl (C=O) groups excluding carboxylic acids is 1. The maximum atomic E-state index is 12.5. The van der Waals surface area contributed by atoms with Crippen LogP contribution < -0.4 is 9.47 Å². The minimum atomic E-state index is 0.119. The van der Waals surface area contributed by atoms with E-state index >= 15 is 0 Å². The Bertz CT molecular complexity index is 611. The molecule has 4 nitrogen and oxygen atoms in total. The number of ether oxygens (including phenoxy) is 2. The van der Waals surface area contributed by atoms with Gasteiger partial charge in [-0.05, 0) is 48.4 Å². The first-order valence-corrected chi connectivity index (χ1v) is 8.90. The summed E-state index contributed by atoms with van der Waals surface area (Å²) < 4.78 is 10.5. The predicted octanol–water partition coefficient (Wildman–Crippen LogP) is 3.76. The van der Waals surface area contributed by atoms with E-state index in [0.29, 0.717) is 17.4 Å². The number of piperidine rings is 1. The highest BCUT2D eigenvalue weighted by Crippen LogP contribution is 2.36. The monoisotopic (exact) mass is 329 g/mol. The third kappa shape index (κ3) is 3.74. The molecule has 0 aromatic heterocycles. The predicted molar refractivity (Wildman–Crippen MR) is 95.2 cm³/mol. The number of likely N-dealkylation sites (tertiary alicyclic amines) is 1. The molecule has 1 aliphatic heterocycles. The first kappa shape index (κ1) is 16.9. The van der Waals surface area contributed by atoms with E-state index in [0.717, 1.165) is 24.6 Å². The minimum absolute atomic E-state index is 0.119. The molecule has 0 radical (unpaired) electrons. The van der Waals surface area contributed by atoms with E-state index in [1.54, 1.807) is 20.3 Å². The summed E-state index contributed by atoms with van der Waals surface area (Å²) in [6.07, 6.45) is 10.0. The Morgan fingerprint density at radius 3 is 2.58 bits per heavy atom. The molecule has 1 aromatic carbocycles. The van der Waals surface area contributed by atoms with Gasteiger partial charge in [-0.1, -0.05) is 25.3 Å². The van der Waals surface area contributed by atoms with Gasteiger partial charge in [0.2, 0.25) is 5.91 Å². The van der Waals surface area contributed by atoms with Crippen molar-refractivity contribution in [3.8, 4) is 11.5 Å². The zero-order chi connectivity index (χ0) is 16.9. The number of fused-ring (bicyclic) bond motifs is 1. The van der Waals surface area contributed by atoms with Crippen LogP contribution in [0.3, 0.4) is 0 Å². The van der Waals surface area contributed by atoms with Crippen molar-refractivity contribution in [3.63, 3.8) is 0 Å². The average Bonchev–Trinajstić information content (AvgIpc) is 2.65. The summed E-state index contributed by atoms with van der Waals surface area (Å²) in [5.41, 5.74) is 0.938. The number of amides is 1. The lowest BCUT2D eigenvalue weighted by Crippen LogP contribution is -2.44. The molecule has 0 spiro atoms. The van der Waals surface area contributed by atoms with Gasteiger partial charge in [0.1, 0.15) is 0 Å². The summed E-state index contributed by atoms with van der Waals surface area (Å²) >= 11 is 0. The Hall–Kier alpha value is -1.97. The van der Waals surface area contributed by atoms with Crippen molar-refractivity contribution in [2.24, 2.45) is 11.8 Å². The maximum Gasteiger partial charge on any atom is 0.246 e. The van der Waals surface area contributed by atoms with Crippen LogP contribution in [0, 0.1) is 11.8 Å². The molecule has 1 aromatic rings. The van der Waals surface area contributed by atoms with Crippen molar-refractivity contribution in [2.75, 3.05) is 27.3 Å². The second kappa shape index (κ2) is 7.73. The van der Waals surface area contributed by atoms with Crippen LogP contribution >= 0.6 is 0 Å². The molecular formula is C20H27NO3. The van der Waals surface area contributed by atoms with E-state index in [4.69, 9.17) is 9.47 Å². The lowest BCUT2D eigenvalue weighted by Gasteiger charge is -2.41. The first-order valence-electron chi connectivity index (χ1n) is 8.90. The van der Waals surface area contributed by atoms with Gasteiger partial charge in [-0.3, -0.25) is 4.79 Å². The van der Waals surface area contributed by atoms with Crippen molar-refractivity contribution in [2.45, 2.75) is 32.1 Å². The fraction of sp³-hybridized carbons (Fsp3) is 0.550. The Morgan fingerprint density at radius 1 is 1.08 bits per heavy atom. The molecule has 1 saturated carbocycles. The number of rotatable bonds is 4. The summed E-state index contributed by atoms with van der Waals surface area (Å²) in [7, 11) is 3.23. The molecule has 0 unspecified atom stereocenters. The quantitative estimate of drug-likeness (QED) is 0.790. The van der Waals surface area contributed by atoms with E-state index in [1.165, 1.54) is 32.1 Å². The molecule has 3 rings (SSSR count). The van der Waals surface area contributed by atoms with Gasteiger partial charge in [-0.15, -0.1) is 0 Å². The molecule has 0 N–H and O–H groups in total. The Balaban J connectivity index is 1.63. The third-order valence-corrected chi connectivity index (χ3v) is 5.43. The Morgan fingerprint density at radius 2 is 1.83 bits per heavy atom. The Labute approximate surface area is 144 Å². The SMILES string of the molecule is COc1ccc(/C=C/C(=O)N2CC[C@@H]3CCCC[C@H]3C2)cc1OC. The summed E-state index contributed by atoms with van der Waals surface area (Å²) in [5, 5.41) is 0. The van der Waals surface area contributed by atoms with Crippen molar-refractivity contribution in [1.82, 2.24) is 4.90 Å². The fourth-order valence-electron chi connectivity index (χ4n) is 4.03. The number of hydrogen-bond donors (Lipinski definition) is 0. The van der Waals surface area contributed by atoms with E-state index < -0.39 is 0 Å². The van der Waals surface area contributed by atoms with Gasteiger partial charge in [0.05, 0.1) is 14.2 Å². The van der Waals surface area contributed by atoms with Gasteiger partial charge in [0, 0.05) is 19.2 Å². The van der Waals surface area contributed by atoms with Crippen LogP contribution in [-0.2, 0) is 4.79 Å². The van der Waals surface area contributed by atoms with Crippen LogP contribution in [0.5, 0.6) is 11.5 Å². The van der Waals surface area contributed by atoms with Crippen molar-refractivity contribution < 1.29 is 14.3 Å². The topological polar surface area (TPSA) is 38.8 Å². The second-order valence-corrected chi connectivity index (χ2v) is 6.83. The van der Waals surface area contributed by atoms with Crippen molar-refractivity contribution in [1.29, 1.82) is 0 Å². The fourth-order valence-corrected chi connectivity index (χ4v) is 4.03. The lowest BCUT2D eigenvalue weighted by molar-refractivity contribution is -0.128. The molecule has 4 heteroatoms. The molecule has 1 amide bonds. The van der Waals surface area contributed by atoms with Crippen LogP contribution in [0.15, 0.2) is 24.3 Å². The van der Waals surface area contributed by atoms with Crippen LogP contribution in [0.25, 0.3) is 6.08 Å². The molecule has 0 bridgehead atoms. The highest BCUT2D eigenvalue weighted by Gasteiger charge is 2.32. The molecular weight excluding hydrogens is 302 g/mol. The largest absolute Gasteiger partial charge is 0.493 e. The standard InChI is InChI=1S/C20H27NO3/c1-23-18-9-7-15(13-19(18)24-2)8-10-20(22)21-12-11-16-5-3-4-6-17(16)14-21/h7-10,13,16-17H,3-6,11-12,14H2,1-2H3/b10-8+/t16-,17-/m0/s1. The number of methoxy groups -OCH3 is 2. The summed E-state index contributed by atoms with van der Waals surface area (Å²) in [4.78, 5) is 14.5. The zero-order valence-corrected chi connectivity index (χ0v) is 14.7. The molecule has 1 heterocycles. The van der Waals surface area contributed by atoms with Crippen molar-refractivity contribution in [3.05, 3.63) is 29.8 Å². The molecule has 24 heavy (non-hydrogen) atoms. The van der Waals surface area contributed by atoms with Crippen LogP contribution in [0.2, 0.25) is 0 Å². The molecule has 2 atom stereocenters. The maximum absolute atomic E-state index is 12.5. The van der Waals surface area contributed by atoms with Gasteiger partial charge in [0.25, 0.3) is 0 Å². The van der Waals surface area contributed by atoms with Gasteiger partial charge < -0.3 is 14.4 Å². The molecule has 1 aliphatic carbocycles. The number of benzene rings is 1. The molecule has 2 aliphatic rings. The van der Waals surface area contributed by atoms with E-state index in [-0.39, 0.29) is 5.91 Å². The first-order chi connectivity index (χ1) is 11.7. The summed E-state index contributed by atoms with van der Waals surface area (Å²) in [5.74, 6) is 3.05. The van der Waals surface area contributed by atoms with Gasteiger partial charge in [-0.2, -0.15) is 0 Å².